The third-order valence-electron chi connectivity index (χ3n) is 2.80. The van der Waals surface area contributed by atoms with Crippen molar-refractivity contribution < 1.29 is 5.21 Å². The van der Waals surface area contributed by atoms with Crippen LogP contribution in [-0.4, -0.2) is 26.4 Å². The lowest BCUT2D eigenvalue weighted by atomic mass is 10.1. The third kappa shape index (κ3) is 4.46. The molecular weight excluding hydrogens is 240 g/mol. The van der Waals surface area contributed by atoms with Crippen molar-refractivity contribution in [2.45, 2.75) is 25.7 Å². The normalized spacial score (nSPS) is 10.9. The number of pyridine rings is 1. The van der Waals surface area contributed by atoms with E-state index in [-0.39, 0.29) is 0 Å². The van der Waals surface area contributed by atoms with Crippen molar-refractivity contribution in [1.29, 1.82) is 0 Å². The van der Waals surface area contributed by atoms with Gasteiger partial charge in [-0.2, -0.15) is 0 Å². The maximum atomic E-state index is 8.35. The molecule has 0 atom stereocenters. The summed E-state index contributed by atoms with van der Waals surface area (Å²) >= 11 is 0. The minimum absolute atomic E-state index is 0.418. The SMILES string of the molecule is O/N=C/c1ncc(CCCCc2cccnc2)cn1. The van der Waals surface area contributed by atoms with Crippen LogP contribution in [0.1, 0.15) is 29.8 Å². The van der Waals surface area contributed by atoms with Gasteiger partial charge in [0.1, 0.15) is 6.21 Å². The van der Waals surface area contributed by atoms with Gasteiger partial charge in [0.25, 0.3) is 0 Å². The molecule has 0 spiro atoms. The summed E-state index contributed by atoms with van der Waals surface area (Å²) < 4.78 is 0. The number of hydrogen-bond donors (Lipinski definition) is 1. The molecule has 0 radical (unpaired) electrons. The zero-order valence-corrected chi connectivity index (χ0v) is 10.6. The smallest absolute Gasteiger partial charge is 0.173 e. The summed E-state index contributed by atoms with van der Waals surface area (Å²) in [6.45, 7) is 0. The molecule has 2 heterocycles. The zero-order valence-electron chi connectivity index (χ0n) is 10.6. The highest BCUT2D eigenvalue weighted by Crippen LogP contribution is 2.07. The lowest BCUT2D eigenvalue weighted by Gasteiger charge is -2.02. The Kier molecular flexibility index (Phi) is 4.98. The van der Waals surface area contributed by atoms with Crippen LogP contribution in [-0.2, 0) is 12.8 Å². The number of oxime groups is 1. The van der Waals surface area contributed by atoms with Crippen molar-refractivity contribution >= 4 is 6.21 Å². The van der Waals surface area contributed by atoms with Gasteiger partial charge in [0.2, 0.25) is 0 Å². The van der Waals surface area contributed by atoms with Crippen LogP contribution in [0, 0.1) is 0 Å². The second-order valence-corrected chi connectivity index (χ2v) is 4.26. The molecule has 2 aromatic rings. The summed E-state index contributed by atoms with van der Waals surface area (Å²) in [6, 6.07) is 4.06. The average Bonchev–Trinajstić information content (AvgIpc) is 2.47. The highest BCUT2D eigenvalue weighted by atomic mass is 16.4. The second kappa shape index (κ2) is 7.20. The van der Waals surface area contributed by atoms with Gasteiger partial charge in [-0.15, -0.1) is 0 Å². The zero-order chi connectivity index (χ0) is 13.3. The highest BCUT2D eigenvalue weighted by Gasteiger charge is 1.97. The van der Waals surface area contributed by atoms with Crippen LogP contribution >= 0.6 is 0 Å². The van der Waals surface area contributed by atoms with Gasteiger partial charge in [-0.1, -0.05) is 11.2 Å². The monoisotopic (exact) mass is 256 g/mol. The fourth-order valence-corrected chi connectivity index (χ4v) is 1.82. The predicted octanol–water partition coefficient (Wildman–Crippen LogP) is 2.25. The van der Waals surface area contributed by atoms with Crippen molar-refractivity contribution in [3.05, 3.63) is 53.9 Å². The summed E-state index contributed by atoms with van der Waals surface area (Å²) in [6.07, 6.45) is 12.7. The van der Waals surface area contributed by atoms with Gasteiger partial charge >= 0.3 is 0 Å². The molecule has 0 aliphatic carbocycles. The van der Waals surface area contributed by atoms with E-state index in [0.717, 1.165) is 31.2 Å². The molecule has 1 N–H and O–H groups in total. The average molecular weight is 256 g/mol. The number of aryl methyl sites for hydroxylation is 2. The molecule has 0 saturated carbocycles. The number of nitrogens with zero attached hydrogens (tertiary/aromatic N) is 4. The molecule has 0 amide bonds. The first kappa shape index (κ1) is 13.1. The Morgan fingerprint density at radius 3 is 2.42 bits per heavy atom. The minimum Gasteiger partial charge on any atom is -0.411 e. The molecule has 0 aromatic carbocycles. The van der Waals surface area contributed by atoms with E-state index in [4.69, 9.17) is 5.21 Å². The van der Waals surface area contributed by atoms with Crippen LogP contribution in [0.15, 0.2) is 42.1 Å². The Morgan fingerprint density at radius 2 is 1.79 bits per heavy atom. The van der Waals surface area contributed by atoms with E-state index in [2.05, 4.69) is 26.2 Å². The fourth-order valence-electron chi connectivity index (χ4n) is 1.82. The van der Waals surface area contributed by atoms with Crippen molar-refractivity contribution in [2.24, 2.45) is 5.16 Å². The molecule has 0 fully saturated rings. The maximum absolute atomic E-state index is 8.35. The summed E-state index contributed by atoms with van der Waals surface area (Å²) in [4.78, 5) is 12.2. The van der Waals surface area contributed by atoms with Crippen LogP contribution in [0.25, 0.3) is 0 Å². The van der Waals surface area contributed by atoms with Gasteiger partial charge in [0, 0.05) is 24.8 Å². The van der Waals surface area contributed by atoms with Crippen LogP contribution in [0.4, 0.5) is 0 Å². The molecule has 5 heteroatoms. The molecule has 0 saturated heterocycles. The van der Waals surface area contributed by atoms with Gasteiger partial charge in [0.15, 0.2) is 5.82 Å². The number of aromatic nitrogens is 3. The van der Waals surface area contributed by atoms with Gasteiger partial charge < -0.3 is 5.21 Å². The van der Waals surface area contributed by atoms with Crippen LogP contribution < -0.4 is 0 Å². The fraction of sp³-hybridized carbons (Fsp3) is 0.286. The van der Waals surface area contributed by atoms with Gasteiger partial charge in [0.05, 0.1) is 0 Å². The topological polar surface area (TPSA) is 71.3 Å². The number of unbranched alkanes of at least 4 members (excludes halogenated alkanes) is 1. The van der Waals surface area contributed by atoms with Crippen molar-refractivity contribution in [2.75, 3.05) is 0 Å². The predicted molar refractivity (Wildman–Crippen MR) is 72.3 cm³/mol. The first-order valence-corrected chi connectivity index (χ1v) is 6.26. The van der Waals surface area contributed by atoms with Gasteiger partial charge in [-0.3, -0.25) is 4.98 Å². The standard InChI is InChI=1S/C14H16N4O/c19-18-11-14-16-9-13(10-17-14)5-2-1-4-12-6-3-7-15-8-12/h3,6-11,19H,1-2,4-5H2/b18-11+. The highest BCUT2D eigenvalue weighted by molar-refractivity contribution is 5.73. The van der Waals surface area contributed by atoms with Crippen LogP contribution in [0.5, 0.6) is 0 Å². The Bertz CT molecular complexity index is 511. The summed E-state index contributed by atoms with van der Waals surface area (Å²) in [5.74, 6) is 0.418. The molecular formula is C14H16N4O. The minimum atomic E-state index is 0.418. The van der Waals surface area contributed by atoms with Crippen molar-refractivity contribution in [3.63, 3.8) is 0 Å². The molecule has 0 aliphatic rings. The molecule has 19 heavy (non-hydrogen) atoms. The van der Waals surface area contributed by atoms with Gasteiger partial charge in [-0.05, 0) is 42.9 Å². The van der Waals surface area contributed by atoms with E-state index in [1.165, 1.54) is 11.8 Å². The Morgan fingerprint density at radius 1 is 1.05 bits per heavy atom. The maximum Gasteiger partial charge on any atom is 0.173 e. The van der Waals surface area contributed by atoms with E-state index in [0.29, 0.717) is 5.82 Å². The van der Waals surface area contributed by atoms with Crippen molar-refractivity contribution in [1.82, 2.24) is 15.0 Å². The largest absolute Gasteiger partial charge is 0.411 e. The van der Waals surface area contributed by atoms with Crippen LogP contribution in [0.3, 0.4) is 0 Å². The lowest BCUT2D eigenvalue weighted by molar-refractivity contribution is 0.321. The summed E-state index contributed by atoms with van der Waals surface area (Å²) in [5.41, 5.74) is 2.37. The van der Waals surface area contributed by atoms with E-state index < -0.39 is 0 Å². The van der Waals surface area contributed by atoms with Crippen molar-refractivity contribution in [3.8, 4) is 0 Å². The molecule has 2 rings (SSSR count). The first-order valence-electron chi connectivity index (χ1n) is 6.26. The number of hydrogen-bond acceptors (Lipinski definition) is 5. The Hall–Kier alpha value is -2.30. The second-order valence-electron chi connectivity index (χ2n) is 4.26. The van der Waals surface area contributed by atoms with E-state index in [1.807, 2.05) is 12.3 Å². The molecule has 98 valence electrons. The van der Waals surface area contributed by atoms with E-state index in [1.54, 1.807) is 18.6 Å². The molecule has 5 nitrogen and oxygen atoms in total. The quantitative estimate of drug-likeness (QED) is 0.372. The van der Waals surface area contributed by atoms with Crippen LogP contribution in [0.2, 0.25) is 0 Å². The van der Waals surface area contributed by atoms with E-state index in [9.17, 15) is 0 Å². The molecule has 0 unspecified atom stereocenters. The van der Waals surface area contributed by atoms with E-state index >= 15 is 0 Å². The third-order valence-corrected chi connectivity index (χ3v) is 2.80. The first-order chi connectivity index (χ1) is 9.38. The Balaban J connectivity index is 1.73. The molecule has 0 bridgehead atoms. The lowest BCUT2D eigenvalue weighted by Crippen LogP contribution is -1.96. The Labute approximate surface area is 112 Å². The molecule has 0 aliphatic heterocycles. The molecule has 2 aromatic heterocycles. The number of rotatable bonds is 6. The summed E-state index contributed by atoms with van der Waals surface area (Å²) in [7, 11) is 0. The van der Waals surface area contributed by atoms with Gasteiger partial charge in [-0.25, -0.2) is 9.97 Å². The summed E-state index contributed by atoms with van der Waals surface area (Å²) in [5, 5.41) is 11.2.